The number of hydrogen-bond donors (Lipinski definition) is 0. The second kappa shape index (κ2) is 3.91. The summed E-state index contributed by atoms with van der Waals surface area (Å²) in [4.78, 5) is 0. The van der Waals surface area contributed by atoms with Crippen LogP contribution in [0, 0.1) is 29.3 Å². The van der Waals surface area contributed by atoms with Gasteiger partial charge in [-0.1, -0.05) is 0 Å². The fourth-order valence-electron chi connectivity index (χ4n) is 0.925. The summed E-state index contributed by atoms with van der Waals surface area (Å²) in [5.41, 5.74) is -2.35. The van der Waals surface area contributed by atoms with E-state index in [9.17, 15) is 35.1 Å². The van der Waals surface area contributed by atoms with E-state index < -0.39 is 41.2 Å². The third-order valence-electron chi connectivity index (χ3n) is 1.62. The highest BCUT2D eigenvalue weighted by molar-refractivity contribution is 5.25. The molecule has 0 aliphatic heterocycles. The molecule has 0 saturated carbocycles. The average molecular weight is 249 g/mol. The van der Waals surface area contributed by atoms with E-state index in [1.165, 1.54) is 0 Å². The molecule has 1 aromatic carbocycles. The van der Waals surface area contributed by atoms with E-state index in [0.29, 0.717) is 0 Å². The van der Waals surface area contributed by atoms with Crippen molar-refractivity contribution in [3.05, 3.63) is 34.9 Å². The molecule has 0 amide bonds. The largest absolute Gasteiger partial charge is 0.424 e. The van der Waals surface area contributed by atoms with Crippen LogP contribution in [0.3, 0.4) is 0 Å². The van der Waals surface area contributed by atoms with E-state index in [1.54, 1.807) is 0 Å². The van der Waals surface area contributed by atoms with Crippen molar-refractivity contribution >= 4 is 0 Å². The van der Waals surface area contributed by atoms with Crippen molar-refractivity contribution in [2.75, 3.05) is 0 Å². The first-order chi connectivity index (χ1) is 7.16. The highest BCUT2D eigenvalue weighted by Gasteiger charge is 2.45. The van der Waals surface area contributed by atoms with Gasteiger partial charge >= 0.3 is 6.18 Å². The molecule has 89 valence electrons. The first-order valence-electron chi connectivity index (χ1n) is 3.62. The SMILES string of the molecule is Fc1[c]c(F)c(F)c(C(F)C(F)(F)F)c1F. The zero-order chi connectivity index (χ0) is 12.7. The van der Waals surface area contributed by atoms with Crippen molar-refractivity contribution in [3.8, 4) is 0 Å². The summed E-state index contributed by atoms with van der Waals surface area (Å²) in [5, 5.41) is 0. The Kier molecular flexibility index (Phi) is 3.11. The minimum Gasteiger partial charge on any atom is -0.232 e. The molecule has 1 rings (SSSR count). The van der Waals surface area contributed by atoms with Gasteiger partial charge in [-0.05, 0) is 0 Å². The van der Waals surface area contributed by atoms with Crippen molar-refractivity contribution in [3.63, 3.8) is 0 Å². The van der Waals surface area contributed by atoms with Crippen molar-refractivity contribution in [1.29, 1.82) is 0 Å². The summed E-state index contributed by atoms with van der Waals surface area (Å²) in [6.07, 6.45) is -9.81. The summed E-state index contributed by atoms with van der Waals surface area (Å²) in [6, 6.07) is 0.836. The van der Waals surface area contributed by atoms with E-state index in [1.807, 2.05) is 0 Å². The Morgan fingerprint density at radius 3 is 1.56 bits per heavy atom. The Morgan fingerprint density at radius 2 is 1.25 bits per heavy atom. The zero-order valence-electron chi connectivity index (χ0n) is 7.10. The molecule has 0 spiro atoms. The minimum atomic E-state index is -5.66. The Labute approximate surface area is 83.5 Å². The Bertz CT molecular complexity index is 381. The monoisotopic (exact) mass is 249 g/mol. The second-order valence-electron chi connectivity index (χ2n) is 2.70. The highest BCUT2D eigenvalue weighted by Crippen LogP contribution is 2.39. The molecule has 0 fully saturated rings. The zero-order valence-corrected chi connectivity index (χ0v) is 7.10. The molecule has 0 saturated heterocycles. The molecule has 0 aliphatic carbocycles. The van der Waals surface area contributed by atoms with Gasteiger partial charge in [0, 0.05) is 0 Å². The lowest BCUT2D eigenvalue weighted by Gasteiger charge is -2.14. The molecule has 1 aromatic rings. The predicted molar refractivity (Wildman–Crippen MR) is 35.0 cm³/mol. The predicted octanol–water partition coefficient (Wildman–Crippen LogP) is 3.62. The maximum absolute atomic E-state index is 12.7. The van der Waals surface area contributed by atoms with Gasteiger partial charge in [0.15, 0.2) is 23.3 Å². The van der Waals surface area contributed by atoms with Crippen LogP contribution in [0.1, 0.15) is 11.7 Å². The van der Waals surface area contributed by atoms with Crippen LogP contribution < -0.4 is 0 Å². The molecule has 1 atom stereocenters. The lowest BCUT2D eigenvalue weighted by Crippen LogP contribution is -2.20. The van der Waals surface area contributed by atoms with Gasteiger partial charge in [0.1, 0.15) is 0 Å². The lowest BCUT2D eigenvalue weighted by atomic mass is 10.1. The Balaban J connectivity index is 3.44. The minimum absolute atomic E-state index is 0.836. The number of rotatable bonds is 1. The van der Waals surface area contributed by atoms with Gasteiger partial charge in [0.2, 0.25) is 6.17 Å². The summed E-state index contributed by atoms with van der Waals surface area (Å²) in [7, 11) is 0. The quantitative estimate of drug-likeness (QED) is 0.526. The van der Waals surface area contributed by atoms with Crippen LogP contribution in [0.25, 0.3) is 0 Å². The molecular weight excluding hydrogens is 248 g/mol. The third kappa shape index (κ3) is 2.10. The number of halogens is 8. The van der Waals surface area contributed by atoms with Crippen LogP contribution >= 0.6 is 0 Å². The van der Waals surface area contributed by atoms with Gasteiger partial charge in [-0.3, -0.25) is 0 Å². The van der Waals surface area contributed by atoms with Gasteiger partial charge in [0.25, 0.3) is 0 Å². The van der Waals surface area contributed by atoms with Crippen molar-refractivity contribution in [1.82, 2.24) is 0 Å². The Hall–Kier alpha value is -1.34. The van der Waals surface area contributed by atoms with Gasteiger partial charge in [-0.15, -0.1) is 0 Å². The number of alkyl halides is 4. The first-order valence-corrected chi connectivity index (χ1v) is 3.62. The molecule has 8 heteroatoms. The molecule has 1 unspecified atom stereocenters. The summed E-state index contributed by atoms with van der Waals surface area (Å²) >= 11 is 0. The van der Waals surface area contributed by atoms with Crippen molar-refractivity contribution in [2.24, 2.45) is 0 Å². The van der Waals surface area contributed by atoms with Crippen LogP contribution in [0.2, 0.25) is 0 Å². The molecule has 16 heavy (non-hydrogen) atoms. The molecule has 1 radical (unpaired) electrons. The van der Waals surface area contributed by atoms with Crippen LogP contribution in [0.15, 0.2) is 0 Å². The van der Waals surface area contributed by atoms with Gasteiger partial charge < -0.3 is 0 Å². The van der Waals surface area contributed by atoms with Crippen LogP contribution in [0.4, 0.5) is 35.1 Å². The summed E-state index contributed by atoms with van der Waals surface area (Å²) in [6.45, 7) is 0. The lowest BCUT2D eigenvalue weighted by molar-refractivity contribution is -0.184. The maximum Gasteiger partial charge on any atom is 0.424 e. The maximum atomic E-state index is 12.7. The average Bonchev–Trinajstić information content (AvgIpc) is 2.13. The molecule has 0 aliphatic rings. The van der Waals surface area contributed by atoms with E-state index in [4.69, 9.17) is 0 Å². The first kappa shape index (κ1) is 12.7. The Morgan fingerprint density at radius 1 is 0.875 bits per heavy atom. The number of benzene rings is 1. The van der Waals surface area contributed by atoms with Gasteiger partial charge in [0.05, 0.1) is 11.6 Å². The van der Waals surface area contributed by atoms with Crippen LogP contribution in [-0.2, 0) is 0 Å². The van der Waals surface area contributed by atoms with E-state index in [2.05, 4.69) is 0 Å². The molecule has 0 nitrogen and oxygen atoms in total. The molecule has 0 bridgehead atoms. The van der Waals surface area contributed by atoms with E-state index in [-0.39, 0.29) is 0 Å². The molecule has 0 aromatic heterocycles. The molecular formula is C8HF8. The van der Waals surface area contributed by atoms with Gasteiger partial charge in [-0.2, -0.15) is 13.2 Å². The highest BCUT2D eigenvalue weighted by atomic mass is 19.4. The van der Waals surface area contributed by atoms with Crippen LogP contribution in [0.5, 0.6) is 0 Å². The summed E-state index contributed by atoms with van der Waals surface area (Å²) in [5.74, 6) is -9.35. The van der Waals surface area contributed by atoms with Crippen molar-refractivity contribution in [2.45, 2.75) is 12.3 Å². The fourth-order valence-corrected chi connectivity index (χ4v) is 0.925. The topological polar surface area (TPSA) is 0 Å². The smallest absolute Gasteiger partial charge is 0.232 e. The standard InChI is InChI=1S/C8HF8/c9-2-1-3(10)6(12)4(5(2)11)7(13)8(14,15)16/h7H. The second-order valence-corrected chi connectivity index (χ2v) is 2.70. The van der Waals surface area contributed by atoms with Crippen molar-refractivity contribution < 1.29 is 35.1 Å². The summed E-state index contributed by atoms with van der Waals surface area (Å²) < 4.78 is 98.1. The van der Waals surface area contributed by atoms with Crippen LogP contribution in [-0.4, -0.2) is 6.18 Å². The fraction of sp³-hybridized carbons (Fsp3) is 0.250. The molecule has 0 heterocycles. The number of hydrogen-bond acceptors (Lipinski definition) is 0. The van der Waals surface area contributed by atoms with E-state index in [0.717, 1.165) is 6.07 Å². The third-order valence-corrected chi connectivity index (χ3v) is 1.62. The van der Waals surface area contributed by atoms with E-state index >= 15 is 0 Å². The van der Waals surface area contributed by atoms with Gasteiger partial charge in [-0.25, -0.2) is 22.0 Å². The molecule has 0 N–H and O–H groups in total. The normalized spacial score (nSPS) is 14.0.